The first-order chi connectivity index (χ1) is 20.2. The SMILES string of the molecule is CN1CC[C@H](c2c(C3(N(C(=O)O)C4CCCNC4)CCCC3)cc(O)c3c(=O)cc(-c4ccccc4Cl)oc23)[C@H](O)C1. The molecule has 1 amide bonds. The van der Waals surface area contributed by atoms with E-state index < -0.39 is 29.1 Å². The van der Waals surface area contributed by atoms with Crippen molar-refractivity contribution in [1.29, 1.82) is 0 Å². The molecule has 6 rings (SSSR count). The Morgan fingerprint density at radius 3 is 2.60 bits per heavy atom. The van der Waals surface area contributed by atoms with Crippen molar-refractivity contribution >= 4 is 28.7 Å². The van der Waals surface area contributed by atoms with Crippen molar-refractivity contribution in [3.05, 3.63) is 62.8 Å². The summed E-state index contributed by atoms with van der Waals surface area (Å²) in [7, 11) is 1.95. The number of aromatic hydroxyl groups is 1. The topological polar surface area (TPSA) is 126 Å². The molecule has 0 spiro atoms. The van der Waals surface area contributed by atoms with Crippen molar-refractivity contribution < 1.29 is 24.5 Å². The van der Waals surface area contributed by atoms with Gasteiger partial charge in [0.2, 0.25) is 0 Å². The van der Waals surface area contributed by atoms with E-state index in [2.05, 4.69) is 10.2 Å². The second kappa shape index (κ2) is 11.5. The average Bonchev–Trinajstić information content (AvgIpc) is 3.44. The summed E-state index contributed by atoms with van der Waals surface area (Å²) < 4.78 is 6.53. The molecule has 1 unspecified atom stereocenters. The van der Waals surface area contributed by atoms with Crippen molar-refractivity contribution in [2.24, 2.45) is 0 Å². The highest BCUT2D eigenvalue weighted by atomic mass is 35.5. The molecule has 2 saturated heterocycles. The summed E-state index contributed by atoms with van der Waals surface area (Å²) in [6.07, 6.45) is 3.18. The monoisotopic (exact) mass is 595 g/mol. The van der Waals surface area contributed by atoms with E-state index >= 15 is 0 Å². The lowest BCUT2D eigenvalue weighted by molar-refractivity contribution is 0.0324. The van der Waals surface area contributed by atoms with E-state index in [0.717, 1.165) is 32.2 Å². The summed E-state index contributed by atoms with van der Waals surface area (Å²) in [5.41, 5.74) is 0.607. The van der Waals surface area contributed by atoms with Gasteiger partial charge < -0.3 is 30.0 Å². The number of likely N-dealkylation sites (tertiary alicyclic amines) is 1. The molecular formula is C32H38ClN3O6. The molecule has 42 heavy (non-hydrogen) atoms. The third kappa shape index (κ3) is 4.96. The molecule has 3 fully saturated rings. The number of piperidine rings is 2. The Bertz CT molecular complexity index is 1550. The van der Waals surface area contributed by atoms with Crippen LogP contribution in [0.15, 0.2) is 45.6 Å². The van der Waals surface area contributed by atoms with Gasteiger partial charge in [0.05, 0.1) is 16.7 Å². The van der Waals surface area contributed by atoms with Crippen LogP contribution in [0.3, 0.4) is 0 Å². The lowest BCUT2D eigenvalue weighted by Gasteiger charge is -2.47. The van der Waals surface area contributed by atoms with E-state index in [4.69, 9.17) is 16.0 Å². The summed E-state index contributed by atoms with van der Waals surface area (Å²) in [5.74, 6) is -0.420. The highest BCUT2D eigenvalue weighted by Gasteiger charge is 2.50. The molecule has 3 atom stereocenters. The quantitative estimate of drug-likeness (QED) is 0.321. The van der Waals surface area contributed by atoms with Crippen LogP contribution < -0.4 is 10.7 Å². The van der Waals surface area contributed by atoms with Gasteiger partial charge in [0, 0.05) is 42.2 Å². The molecular weight excluding hydrogens is 558 g/mol. The summed E-state index contributed by atoms with van der Waals surface area (Å²) in [5, 5.41) is 37.5. The van der Waals surface area contributed by atoms with Gasteiger partial charge in [-0.25, -0.2) is 4.79 Å². The number of aliphatic hydroxyl groups is 1. The van der Waals surface area contributed by atoms with E-state index in [0.29, 0.717) is 60.6 Å². The average molecular weight is 596 g/mol. The molecule has 3 heterocycles. The number of aliphatic hydroxyl groups excluding tert-OH is 1. The van der Waals surface area contributed by atoms with Crippen LogP contribution in [0.2, 0.25) is 5.02 Å². The normalized spacial score (nSPS) is 24.6. The maximum absolute atomic E-state index is 13.6. The Balaban J connectivity index is 1.67. The van der Waals surface area contributed by atoms with E-state index in [-0.39, 0.29) is 28.5 Å². The zero-order chi connectivity index (χ0) is 29.6. The second-order valence-electron chi connectivity index (χ2n) is 12.1. The molecule has 1 saturated carbocycles. The largest absolute Gasteiger partial charge is 0.507 e. The van der Waals surface area contributed by atoms with Gasteiger partial charge in [-0.2, -0.15) is 0 Å². The smallest absolute Gasteiger partial charge is 0.408 e. The number of rotatable bonds is 5. The van der Waals surface area contributed by atoms with Crippen LogP contribution in [0.4, 0.5) is 4.79 Å². The van der Waals surface area contributed by atoms with Gasteiger partial charge in [-0.3, -0.25) is 9.69 Å². The number of fused-ring (bicyclic) bond motifs is 1. The molecule has 9 nitrogen and oxygen atoms in total. The fourth-order valence-corrected chi connectivity index (χ4v) is 7.88. The second-order valence-corrected chi connectivity index (χ2v) is 12.5. The number of nitrogens with zero attached hydrogens (tertiary/aromatic N) is 2. The number of amides is 1. The van der Waals surface area contributed by atoms with E-state index in [1.165, 1.54) is 6.07 Å². The minimum atomic E-state index is -1.01. The Hall–Kier alpha value is -3.11. The van der Waals surface area contributed by atoms with Crippen molar-refractivity contribution in [1.82, 2.24) is 15.1 Å². The Morgan fingerprint density at radius 2 is 1.93 bits per heavy atom. The van der Waals surface area contributed by atoms with Crippen molar-refractivity contribution in [3.63, 3.8) is 0 Å². The van der Waals surface area contributed by atoms with Gasteiger partial charge in [-0.15, -0.1) is 0 Å². The number of nitrogens with one attached hydrogen (secondary N) is 1. The predicted molar refractivity (Wildman–Crippen MR) is 161 cm³/mol. The first-order valence-corrected chi connectivity index (χ1v) is 15.3. The highest BCUT2D eigenvalue weighted by molar-refractivity contribution is 6.33. The van der Waals surface area contributed by atoms with Crippen molar-refractivity contribution in [2.75, 3.05) is 33.2 Å². The molecule has 2 aromatic carbocycles. The fourth-order valence-electron chi connectivity index (χ4n) is 7.65. The molecule has 3 aromatic rings. The number of carbonyl (C=O) groups is 1. The Morgan fingerprint density at radius 1 is 1.17 bits per heavy atom. The number of hydrogen-bond acceptors (Lipinski definition) is 7. The summed E-state index contributed by atoms with van der Waals surface area (Å²) in [6.45, 7) is 2.52. The van der Waals surface area contributed by atoms with E-state index in [9.17, 15) is 24.9 Å². The van der Waals surface area contributed by atoms with Gasteiger partial charge in [0.1, 0.15) is 22.5 Å². The third-order valence-electron chi connectivity index (χ3n) is 9.55. The number of β-amino-alcohol motifs (C(OH)–C–C–N with tert-alkyl or cyclic N) is 1. The molecule has 0 bridgehead atoms. The number of halogens is 1. The van der Waals surface area contributed by atoms with Gasteiger partial charge in [-0.1, -0.05) is 36.6 Å². The van der Waals surface area contributed by atoms with Gasteiger partial charge in [0.25, 0.3) is 0 Å². The molecule has 4 N–H and O–H groups in total. The van der Waals surface area contributed by atoms with Gasteiger partial charge in [0.15, 0.2) is 5.43 Å². The minimum absolute atomic E-state index is 0.0324. The maximum atomic E-state index is 13.6. The molecule has 224 valence electrons. The lowest BCUT2D eigenvalue weighted by Crippen LogP contribution is -2.57. The molecule has 1 aromatic heterocycles. The molecule has 3 aliphatic rings. The first kappa shape index (κ1) is 29.0. The van der Waals surface area contributed by atoms with Crippen LogP contribution in [-0.2, 0) is 5.54 Å². The third-order valence-corrected chi connectivity index (χ3v) is 9.88. The molecule has 10 heteroatoms. The van der Waals surface area contributed by atoms with Crippen LogP contribution in [0.1, 0.15) is 62.0 Å². The van der Waals surface area contributed by atoms with Crippen LogP contribution in [0, 0.1) is 0 Å². The maximum Gasteiger partial charge on any atom is 0.408 e. The van der Waals surface area contributed by atoms with Crippen molar-refractivity contribution in [3.8, 4) is 17.1 Å². The number of hydrogen-bond donors (Lipinski definition) is 4. The Labute approximate surface area is 249 Å². The fraction of sp³-hybridized carbons (Fsp3) is 0.500. The first-order valence-electron chi connectivity index (χ1n) is 14.9. The predicted octanol–water partition coefficient (Wildman–Crippen LogP) is 5.10. The zero-order valence-electron chi connectivity index (χ0n) is 23.8. The van der Waals surface area contributed by atoms with E-state index in [1.54, 1.807) is 35.2 Å². The number of likely N-dealkylation sites (N-methyl/N-ethyl adjacent to an activating group) is 1. The zero-order valence-corrected chi connectivity index (χ0v) is 24.6. The lowest BCUT2D eigenvalue weighted by atomic mass is 9.75. The summed E-state index contributed by atoms with van der Waals surface area (Å²) >= 11 is 6.51. The van der Waals surface area contributed by atoms with Crippen LogP contribution in [-0.4, -0.2) is 76.6 Å². The molecule has 1 aliphatic carbocycles. The minimum Gasteiger partial charge on any atom is -0.507 e. The van der Waals surface area contributed by atoms with Crippen LogP contribution in [0.5, 0.6) is 5.75 Å². The van der Waals surface area contributed by atoms with Gasteiger partial charge in [-0.05, 0) is 76.0 Å². The molecule has 0 radical (unpaired) electrons. The number of phenolic OH excluding ortho intramolecular Hbond substituents is 1. The Kier molecular flexibility index (Phi) is 7.95. The van der Waals surface area contributed by atoms with Gasteiger partial charge >= 0.3 is 6.09 Å². The summed E-state index contributed by atoms with van der Waals surface area (Å²) in [6, 6.07) is 9.75. The molecule has 2 aliphatic heterocycles. The number of benzene rings is 2. The van der Waals surface area contributed by atoms with Crippen LogP contribution in [0.25, 0.3) is 22.3 Å². The number of carboxylic acid groups (broad SMARTS) is 1. The van der Waals surface area contributed by atoms with Crippen molar-refractivity contribution in [2.45, 2.75) is 68.5 Å². The van der Waals surface area contributed by atoms with E-state index in [1.807, 2.05) is 7.05 Å². The standard InChI is InChI=1S/C32H38ClN3O6/c1-35-14-10-21(26(39)18-35)28-22(32(11-4-5-12-32)36(31(40)41)19-7-6-13-34-17-19)15-24(37)29-25(38)16-27(42-30(28)29)20-8-2-3-9-23(20)33/h2-3,8-9,15-16,19,21,26,34,37,39H,4-7,10-14,17-18H2,1H3,(H,40,41)/t19?,21-,26+/m0/s1. The summed E-state index contributed by atoms with van der Waals surface area (Å²) in [4.78, 5) is 30.4. The number of phenols is 1. The highest BCUT2D eigenvalue weighted by Crippen LogP contribution is 2.52. The van der Waals surface area contributed by atoms with Crippen LogP contribution >= 0.6 is 11.6 Å².